The van der Waals surface area contributed by atoms with Gasteiger partial charge >= 0.3 is 0 Å². The van der Waals surface area contributed by atoms with E-state index in [4.69, 9.17) is 5.73 Å². The molecule has 1 heterocycles. The molecule has 0 aliphatic heterocycles. The van der Waals surface area contributed by atoms with Gasteiger partial charge in [0, 0.05) is 28.8 Å². The Morgan fingerprint density at radius 1 is 1.21 bits per heavy atom. The Labute approximate surface area is 108 Å². The molecule has 94 valence electrons. The van der Waals surface area contributed by atoms with Crippen LogP contribution in [0.25, 0.3) is 22.2 Å². The molecule has 0 saturated heterocycles. The van der Waals surface area contributed by atoms with E-state index in [1.807, 2.05) is 6.07 Å². The van der Waals surface area contributed by atoms with Crippen molar-refractivity contribution in [3.8, 4) is 11.3 Å². The largest absolute Gasteiger partial charge is 0.399 e. The summed E-state index contributed by atoms with van der Waals surface area (Å²) in [6.07, 6.45) is 0. The molecule has 0 aliphatic rings. The van der Waals surface area contributed by atoms with Gasteiger partial charge in [-0.3, -0.25) is 15.2 Å². The van der Waals surface area contributed by atoms with Gasteiger partial charge in [0.1, 0.15) is 5.69 Å². The number of benzene rings is 2. The number of nitrogens with two attached hydrogens (primary N) is 1. The van der Waals surface area contributed by atoms with Crippen molar-refractivity contribution in [2.24, 2.45) is 0 Å². The summed E-state index contributed by atoms with van der Waals surface area (Å²) in [5.74, 6) is 0. The van der Waals surface area contributed by atoms with E-state index in [2.05, 4.69) is 10.2 Å². The summed E-state index contributed by atoms with van der Waals surface area (Å²) in [7, 11) is 0. The second-order valence-corrected chi connectivity index (χ2v) is 4.18. The first-order valence-electron chi connectivity index (χ1n) is 5.63. The van der Waals surface area contributed by atoms with Crippen LogP contribution in [0.4, 0.5) is 11.4 Å². The third-order valence-electron chi connectivity index (χ3n) is 2.92. The lowest BCUT2D eigenvalue weighted by atomic mass is 10.1. The summed E-state index contributed by atoms with van der Waals surface area (Å²) in [5, 5.41) is 18.7. The Morgan fingerprint density at radius 3 is 2.84 bits per heavy atom. The van der Waals surface area contributed by atoms with Crippen LogP contribution in [-0.4, -0.2) is 15.1 Å². The minimum Gasteiger partial charge on any atom is -0.399 e. The molecule has 1 aromatic heterocycles. The van der Waals surface area contributed by atoms with Crippen molar-refractivity contribution in [2.75, 3.05) is 5.73 Å². The van der Waals surface area contributed by atoms with E-state index >= 15 is 0 Å². The van der Waals surface area contributed by atoms with E-state index in [0.717, 1.165) is 10.9 Å². The van der Waals surface area contributed by atoms with Gasteiger partial charge in [-0.05, 0) is 18.2 Å². The van der Waals surface area contributed by atoms with E-state index in [-0.39, 0.29) is 5.69 Å². The highest BCUT2D eigenvalue weighted by Gasteiger charge is 2.12. The minimum absolute atomic E-state index is 0.0394. The first-order chi connectivity index (χ1) is 9.15. The van der Waals surface area contributed by atoms with Crippen molar-refractivity contribution in [2.45, 2.75) is 0 Å². The molecule has 3 aromatic rings. The lowest BCUT2D eigenvalue weighted by molar-refractivity contribution is -0.384. The molecular formula is C13H10N4O2. The lowest BCUT2D eigenvalue weighted by Crippen LogP contribution is -1.88. The number of H-pyrrole nitrogens is 1. The zero-order chi connectivity index (χ0) is 13.4. The Hall–Kier alpha value is -2.89. The van der Waals surface area contributed by atoms with Crippen molar-refractivity contribution in [1.29, 1.82) is 0 Å². The number of fused-ring (bicyclic) bond motifs is 1. The Bertz CT molecular complexity index is 779. The summed E-state index contributed by atoms with van der Waals surface area (Å²) >= 11 is 0. The fraction of sp³-hybridized carbons (Fsp3) is 0. The molecule has 6 heteroatoms. The van der Waals surface area contributed by atoms with Crippen LogP contribution in [-0.2, 0) is 0 Å². The molecule has 3 N–H and O–H groups in total. The second kappa shape index (κ2) is 4.09. The zero-order valence-corrected chi connectivity index (χ0v) is 9.83. The lowest BCUT2D eigenvalue weighted by Gasteiger charge is -1.99. The molecule has 3 rings (SSSR count). The quantitative estimate of drug-likeness (QED) is 0.417. The van der Waals surface area contributed by atoms with Crippen LogP contribution in [0.2, 0.25) is 0 Å². The monoisotopic (exact) mass is 254 g/mol. The molecule has 0 bridgehead atoms. The first kappa shape index (κ1) is 11.2. The van der Waals surface area contributed by atoms with Gasteiger partial charge in [-0.1, -0.05) is 12.1 Å². The van der Waals surface area contributed by atoms with E-state index in [1.54, 1.807) is 24.3 Å². The highest BCUT2D eigenvalue weighted by Crippen LogP contribution is 2.29. The number of nitrogens with one attached hydrogen (secondary N) is 1. The smallest absolute Gasteiger partial charge is 0.270 e. The molecule has 0 unspecified atom stereocenters. The number of aromatic nitrogens is 2. The standard InChI is InChI=1S/C13H10N4O2/c14-9-4-5-12-11(7-9)13(16-15-12)8-2-1-3-10(6-8)17(18)19/h1-7H,14H2,(H,15,16). The molecule has 0 saturated carbocycles. The summed E-state index contributed by atoms with van der Waals surface area (Å²) in [6, 6.07) is 11.8. The van der Waals surface area contributed by atoms with Crippen LogP contribution in [0.3, 0.4) is 0 Å². The van der Waals surface area contributed by atoms with Gasteiger partial charge in [0.25, 0.3) is 5.69 Å². The van der Waals surface area contributed by atoms with Crippen molar-refractivity contribution in [3.05, 3.63) is 52.6 Å². The molecule has 0 radical (unpaired) electrons. The second-order valence-electron chi connectivity index (χ2n) is 4.18. The summed E-state index contributed by atoms with van der Waals surface area (Å²) in [5.41, 5.74) is 8.61. The third kappa shape index (κ3) is 1.89. The number of nitro benzene ring substituents is 1. The third-order valence-corrected chi connectivity index (χ3v) is 2.92. The molecule has 19 heavy (non-hydrogen) atoms. The molecule has 0 aliphatic carbocycles. The van der Waals surface area contributed by atoms with Crippen molar-refractivity contribution < 1.29 is 4.92 Å². The highest BCUT2D eigenvalue weighted by molar-refractivity contribution is 5.94. The molecule has 2 aromatic carbocycles. The van der Waals surface area contributed by atoms with Gasteiger partial charge in [-0.15, -0.1) is 0 Å². The van der Waals surface area contributed by atoms with Gasteiger partial charge in [-0.25, -0.2) is 0 Å². The summed E-state index contributed by atoms with van der Waals surface area (Å²) in [4.78, 5) is 10.4. The number of hydrogen-bond donors (Lipinski definition) is 2. The Kier molecular flexibility index (Phi) is 2.42. The summed E-state index contributed by atoms with van der Waals surface area (Å²) < 4.78 is 0. The van der Waals surface area contributed by atoms with Gasteiger partial charge < -0.3 is 5.73 Å². The number of anilines is 1. The van der Waals surface area contributed by atoms with Crippen molar-refractivity contribution in [1.82, 2.24) is 10.2 Å². The van der Waals surface area contributed by atoms with E-state index in [9.17, 15) is 10.1 Å². The highest BCUT2D eigenvalue weighted by atomic mass is 16.6. The molecule has 0 spiro atoms. The molecule has 0 amide bonds. The fourth-order valence-corrected chi connectivity index (χ4v) is 2.02. The minimum atomic E-state index is -0.424. The normalized spacial score (nSPS) is 10.7. The number of nitro groups is 1. The first-order valence-corrected chi connectivity index (χ1v) is 5.63. The van der Waals surface area contributed by atoms with Gasteiger partial charge in [0.05, 0.1) is 10.4 Å². The number of hydrogen-bond acceptors (Lipinski definition) is 4. The van der Waals surface area contributed by atoms with Crippen LogP contribution in [0, 0.1) is 10.1 Å². The maximum Gasteiger partial charge on any atom is 0.270 e. The van der Waals surface area contributed by atoms with Crippen molar-refractivity contribution >= 4 is 22.3 Å². The van der Waals surface area contributed by atoms with E-state index in [0.29, 0.717) is 16.9 Å². The number of non-ortho nitro benzene ring substituents is 1. The average Bonchev–Trinajstić information content (AvgIpc) is 2.81. The van der Waals surface area contributed by atoms with Gasteiger partial charge in [-0.2, -0.15) is 5.10 Å². The van der Waals surface area contributed by atoms with E-state index < -0.39 is 4.92 Å². The van der Waals surface area contributed by atoms with E-state index in [1.165, 1.54) is 12.1 Å². The van der Waals surface area contributed by atoms with Crippen LogP contribution < -0.4 is 5.73 Å². The predicted octanol–water partition coefficient (Wildman–Crippen LogP) is 2.72. The fourth-order valence-electron chi connectivity index (χ4n) is 2.02. The average molecular weight is 254 g/mol. The topological polar surface area (TPSA) is 97.8 Å². The Morgan fingerprint density at radius 2 is 2.05 bits per heavy atom. The zero-order valence-electron chi connectivity index (χ0n) is 9.83. The Balaban J connectivity index is 2.21. The van der Waals surface area contributed by atoms with Crippen LogP contribution in [0.15, 0.2) is 42.5 Å². The van der Waals surface area contributed by atoms with Gasteiger partial charge in [0.15, 0.2) is 0 Å². The number of nitrogen functional groups attached to an aromatic ring is 1. The van der Waals surface area contributed by atoms with Crippen LogP contribution in [0.5, 0.6) is 0 Å². The number of nitrogens with zero attached hydrogens (tertiary/aromatic N) is 2. The SMILES string of the molecule is Nc1ccc2[nH]nc(-c3cccc([N+](=O)[O-])c3)c2c1. The summed E-state index contributed by atoms with van der Waals surface area (Å²) in [6.45, 7) is 0. The molecule has 0 atom stereocenters. The maximum atomic E-state index is 10.8. The van der Waals surface area contributed by atoms with Crippen LogP contribution in [0.1, 0.15) is 0 Å². The molecular weight excluding hydrogens is 244 g/mol. The number of rotatable bonds is 2. The molecule has 6 nitrogen and oxygen atoms in total. The maximum absolute atomic E-state index is 10.8. The van der Waals surface area contributed by atoms with Crippen LogP contribution >= 0.6 is 0 Å². The van der Waals surface area contributed by atoms with Crippen molar-refractivity contribution in [3.63, 3.8) is 0 Å². The predicted molar refractivity (Wildman–Crippen MR) is 72.6 cm³/mol. The van der Waals surface area contributed by atoms with Gasteiger partial charge in [0.2, 0.25) is 0 Å². The molecule has 0 fully saturated rings. The number of aromatic amines is 1.